The highest BCUT2D eigenvalue weighted by atomic mass is 16.5. The van der Waals surface area contributed by atoms with Crippen molar-refractivity contribution in [3.63, 3.8) is 0 Å². The Labute approximate surface area is 171 Å². The summed E-state index contributed by atoms with van der Waals surface area (Å²) in [6.45, 7) is 8.55. The van der Waals surface area contributed by atoms with Crippen molar-refractivity contribution < 1.29 is 9.53 Å². The number of carbonyl (C=O) groups excluding carboxylic acids is 1. The van der Waals surface area contributed by atoms with Crippen LogP contribution in [-0.2, 0) is 11.3 Å². The van der Waals surface area contributed by atoms with Crippen LogP contribution in [0, 0.1) is 0 Å². The van der Waals surface area contributed by atoms with E-state index in [1.165, 1.54) is 5.56 Å². The standard InChI is InChI=1S/C21H28N6O2/c1-3-16-18-17(13-23-16)25-19(26-20(18)27-9-11-29-12-10-27)14-5-7-15(8-6-14)24-21(28)22-4-2/h5-8,16,23H,3-4,9-13H2,1-2H3,(H2,22,24,28). The van der Waals surface area contributed by atoms with Crippen LogP contribution in [-0.4, -0.2) is 48.8 Å². The fourth-order valence-corrected chi connectivity index (χ4v) is 3.85. The monoisotopic (exact) mass is 396 g/mol. The van der Waals surface area contributed by atoms with E-state index in [0.717, 1.165) is 62.0 Å². The maximum absolute atomic E-state index is 11.7. The molecule has 1 fully saturated rings. The fourth-order valence-electron chi connectivity index (χ4n) is 3.85. The normalized spacial score (nSPS) is 18.4. The van der Waals surface area contributed by atoms with Crippen LogP contribution in [0.15, 0.2) is 24.3 Å². The van der Waals surface area contributed by atoms with Crippen LogP contribution < -0.4 is 20.9 Å². The Hall–Kier alpha value is -2.71. The molecule has 1 aromatic heterocycles. The topological polar surface area (TPSA) is 91.4 Å². The Morgan fingerprint density at radius 2 is 1.97 bits per heavy atom. The van der Waals surface area contributed by atoms with Crippen LogP contribution in [0.5, 0.6) is 0 Å². The van der Waals surface area contributed by atoms with Crippen molar-refractivity contribution in [3.05, 3.63) is 35.5 Å². The van der Waals surface area contributed by atoms with Gasteiger partial charge in [0.1, 0.15) is 5.82 Å². The zero-order chi connectivity index (χ0) is 20.2. The lowest BCUT2D eigenvalue weighted by Crippen LogP contribution is -2.37. The molecule has 1 atom stereocenters. The van der Waals surface area contributed by atoms with Gasteiger partial charge in [-0.2, -0.15) is 0 Å². The average Bonchev–Trinajstić information content (AvgIpc) is 3.17. The molecule has 0 spiro atoms. The second kappa shape index (κ2) is 8.75. The molecule has 3 heterocycles. The first-order valence-electron chi connectivity index (χ1n) is 10.3. The van der Waals surface area contributed by atoms with E-state index in [-0.39, 0.29) is 6.03 Å². The molecule has 0 saturated carbocycles. The van der Waals surface area contributed by atoms with Gasteiger partial charge in [0.25, 0.3) is 0 Å². The summed E-state index contributed by atoms with van der Waals surface area (Å²) in [4.78, 5) is 23.9. The van der Waals surface area contributed by atoms with Gasteiger partial charge >= 0.3 is 6.03 Å². The Kier molecular flexibility index (Phi) is 5.92. The first-order valence-corrected chi connectivity index (χ1v) is 10.3. The molecule has 1 aromatic carbocycles. The molecule has 0 bridgehead atoms. The minimum Gasteiger partial charge on any atom is -0.378 e. The number of urea groups is 1. The molecule has 2 aliphatic heterocycles. The second-order valence-corrected chi connectivity index (χ2v) is 7.23. The zero-order valence-corrected chi connectivity index (χ0v) is 17.0. The van der Waals surface area contributed by atoms with Gasteiger partial charge < -0.3 is 25.6 Å². The van der Waals surface area contributed by atoms with Crippen molar-refractivity contribution in [2.24, 2.45) is 0 Å². The quantitative estimate of drug-likeness (QED) is 0.720. The number of carbonyl (C=O) groups is 1. The third-order valence-electron chi connectivity index (χ3n) is 5.33. The van der Waals surface area contributed by atoms with Gasteiger partial charge in [0.2, 0.25) is 0 Å². The highest BCUT2D eigenvalue weighted by Gasteiger charge is 2.30. The Morgan fingerprint density at radius 3 is 2.66 bits per heavy atom. The number of amides is 2. The SMILES string of the molecule is CCNC(=O)Nc1ccc(-c2nc3c(c(N4CCOCC4)n2)C(CC)NC3)cc1. The number of anilines is 2. The first-order chi connectivity index (χ1) is 14.2. The molecular weight excluding hydrogens is 368 g/mol. The van der Waals surface area contributed by atoms with Gasteiger partial charge in [-0.25, -0.2) is 14.8 Å². The maximum atomic E-state index is 11.7. The molecule has 8 heteroatoms. The summed E-state index contributed by atoms with van der Waals surface area (Å²) in [6, 6.07) is 7.74. The molecule has 8 nitrogen and oxygen atoms in total. The van der Waals surface area contributed by atoms with E-state index in [1.807, 2.05) is 31.2 Å². The third kappa shape index (κ3) is 4.18. The van der Waals surface area contributed by atoms with Crippen molar-refractivity contribution in [1.82, 2.24) is 20.6 Å². The number of morpholine rings is 1. The van der Waals surface area contributed by atoms with E-state index in [0.29, 0.717) is 18.4 Å². The summed E-state index contributed by atoms with van der Waals surface area (Å²) >= 11 is 0. The predicted molar refractivity (Wildman–Crippen MR) is 113 cm³/mol. The van der Waals surface area contributed by atoms with Gasteiger partial charge in [-0.1, -0.05) is 6.92 Å². The minimum absolute atomic E-state index is 0.208. The third-order valence-corrected chi connectivity index (χ3v) is 5.33. The fraction of sp³-hybridized carbons (Fsp3) is 0.476. The highest BCUT2D eigenvalue weighted by molar-refractivity contribution is 5.89. The molecule has 2 amide bonds. The number of hydrogen-bond acceptors (Lipinski definition) is 6. The van der Waals surface area contributed by atoms with Crippen LogP contribution in [0.1, 0.15) is 37.6 Å². The van der Waals surface area contributed by atoms with E-state index >= 15 is 0 Å². The lowest BCUT2D eigenvalue weighted by Gasteiger charge is -2.30. The van der Waals surface area contributed by atoms with E-state index < -0.39 is 0 Å². The summed E-state index contributed by atoms with van der Waals surface area (Å²) in [5.41, 5.74) is 3.98. The number of rotatable bonds is 5. The van der Waals surface area contributed by atoms with Gasteiger partial charge in [0.15, 0.2) is 5.82 Å². The molecule has 1 unspecified atom stereocenters. The number of fused-ring (bicyclic) bond motifs is 1. The van der Waals surface area contributed by atoms with Gasteiger partial charge in [-0.3, -0.25) is 0 Å². The molecule has 1 saturated heterocycles. The summed E-state index contributed by atoms with van der Waals surface area (Å²) in [6.07, 6.45) is 1.01. The van der Waals surface area contributed by atoms with Crippen molar-refractivity contribution in [2.75, 3.05) is 43.1 Å². The Morgan fingerprint density at radius 1 is 1.21 bits per heavy atom. The van der Waals surface area contributed by atoms with Crippen LogP contribution in [0.2, 0.25) is 0 Å². The molecule has 3 N–H and O–H groups in total. The van der Waals surface area contributed by atoms with E-state index in [1.54, 1.807) is 0 Å². The zero-order valence-electron chi connectivity index (χ0n) is 17.0. The average molecular weight is 396 g/mol. The number of benzene rings is 1. The number of nitrogens with one attached hydrogen (secondary N) is 3. The number of ether oxygens (including phenoxy) is 1. The van der Waals surface area contributed by atoms with Gasteiger partial charge in [-0.05, 0) is 37.6 Å². The van der Waals surface area contributed by atoms with Crippen molar-refractivity contribution in [2.45, 2.75) is 32.9 Å². The van der Waals surface area contributed by atoms with Crippen LogP contribution >= 0.6 is 0 Å². The molecule has 0 radical (unpaired) electrons. The molecule has 2 aliphatic rings. The molecule has 0 aliphatic carbocycles. The lowest BCUT2D eigenvalue weighted by atomic mass is 10.1. The largest absolute Gasteiger partial charge is 0.378 e. The summed E-state index contributed by atoms with van der Waals surface area (Å²) in [7, 11) is 0. The molecule has 2 aromatic rings. The number of aromatic nitrogens is 2. The summed E-state index contributed by atoms with van der Waals surface area (Å²) < 4.78 is 5.53. The van der Waals surface area contributed by atoms with E-state index in [9.17, 15) is 4.79 Å². The van der Waals surface area contributed by atoms with Crippen LogP contribution in [0.4, 0.5) is 16.3 Å². The van der Waals surface area contributed by atoms with E-state index in [2.05, 4.69) is 27.8 Å². The summed E-state index contributed by atoms with van der Waals surface area (Å²) in [5.74, 6) is 1.74. The minimum atomic E-state index is -0.208. The van der Waals surface area contributed by atoms with E-state index in [4.69, 9.17) is 14.7 Å². The van der Waals surface area contributed by atoms with Gasteiger partial charge in [-0.15, -0.1) is 0 Å². The van der Waals surface area contributed by atoms with Crippen molar-refractivity contribution in [3.8, 4) is 11.4 Å². The second-order valence-electron chi connectivity index (χ2n) is 7.23. The Bertz CT molecular complexity index is 864. The Balaban J connectivity index is 1.65. The lowest BCUT2D eigenvalue weighted by molar-refractivity contribution is 0.122. The maximum Gasteiger partial charge on any atom is 0.319 e. The van der Waals surface area contributed by atoms with Crippen molar-refractivity contribution in [1.29, 1.82) is 0 Å². The highest BCUT2D eigenvalue weighted by Crippen LogP contribution is 2.36. The molecular formula is C21H28N6O2. The number of nitrogens with zero attached hydrogens (tertiary/aromatic N) is 3. The van der Waals surface area contributed by atoms with Crippen LogP contribution in [0.25, 0.3) is 11.4 Å². The first kappa shape index (κ1) is 19.6. The van der Waals surface area contributed by atoms with Crippen molar-refractivity contribution >= 4 is 17.5 Å². The number of hydrogen-bond donors (Lipinski definition) is 3. The van der Waals surface area contributed by atoms with Gasteiger partial charge in [0, 0.05) is 49.0 Å². The smallest absolute Gasteiger partial charge is 0.319 e. The molecule has 29 heavy (non-hydrogen) atoms. The summed E-state index contributed by atoms with van der Waals surface area (Å²) in [5, 5.41) is 9.10. The molecule has 154 valence electrons. The van der Waals surface area contributed by atoms with Crippen LogP contribution in [0.3, 0.4) is 0 Å². The molecule has 4 rings (SSSR count). The predicted octanol–water partition coefficient (Wildman–Crippen LogP) is 2.68. The van der Waals surface area contributed by atoms with Gasteiger partial charge in [0.05, 0.1) is 18.9 Å².